The molecule has 4 rings (SSSR count). The second-order valence-electron chi connectivity index (χ2n) is 7.18. The molecule has 1 aromatic carbocycles. The third kappa shape index (κ3) is 4.91. The second-order valence-corrected chi connectivity index (χ2v) is 7.18. The van der Waals surface area contributed by atoms with Crippen LogP contribution in [0.15, 0.2) is 67.3 Å². The number of rotatable bonds is 7. The first-order valence-corrected chi connectivity index (χ1v) is 9.53. The predicted octanol–water partition coefficient (Wildman–Crippen LogP) is 2.49. The molecule has 0 aliphatic carbocycles. The van der Waals surface area contributed by atoms with Crippen LogP contribution in [0.25, 0.3) is 0 Å². The van der Waals surface area contributed by atoms with Crippen LogP contribution in [0.4, 0.5) is 0 Å². The molecule has 3 heterocycles. The van der Waals surface area contributed by atoms with E-state index >= 15 is 0 Å². The van der Waals surface area contributed by atoms with E-state index in [1.54, 1.807) is 24.8 Å². The minimum Gasteiger partial charge on any atom is -0.487 e. The van der Waals surface area contributed by atoms with Crippen molar-refractivity contribution in [2.24, 2.45) is 5.92 Å². The van der Waals surface area contributed by atoms with Crippen LogP contribution >= 0.6 is 0 Å². The third-order valence-corrected chi connectivity index (χ3v) is 4.99. The molecule has 0 amide bonds. The minimum atomic E-state index is -0.342. The second kappa shape index (κ2) is 8.91. The molecule has 1 saturated heterocycles. The number of β-amino-alcohol motifs (C(OH)–C–C–N with tert-alkyl or cyclic N) is 1. The topological polar surface area (TPSA) is 71.4 Å². The Bertz CT molecular complexity index is 876. The molecule has 1 N–H and O–H groups in total. The first-order valence-electron chi connectivity index (χ1n) is 9.53. The summed E-state index contributed by atoms with van der Waals surface area (Å²) in [5.41, 5.74) is 3.01. The van der Waals surface area contributed by atoms with Gasteiger partial charge in [0.25, 0.3) is 0 Å². The van der Waals surface area contributed by atoms with Gasteiger partial charge in [-0.15, -0.1) is 0 Å². The van der Waals surface area contributed by atoms with E-state index < -0.39 is 0 Å². The molecular weight excluding hydrogens is 352 g/mol. The standard InChI is InChI=1S/C22H24N4O2/c27-22-15-26(14-18(22)11-20-12-23-8-9-25-20)13-17-4-3-6-21(10-17)28-16-19-5-1-2-7-24-19/h1-10,12,18,22,27H,11,13-16H2/t18-,22-/m1/s1. The Hall–Kier alpha value is -2.83. The van der Waals surface area contributed by atoms with E-state index in [9.17, 15) is 5.11 Å². The quantitative estimate of drug-likeness (QED) is 0.683. The normalized spacial score (nSPS) is 19.6. The lowest BCUT2D eigenvalue weighted by atomic mass is 10.0. The highest BCUT2D eigenvalue weighted by Crippen LogP contribution is 2.23. The summed E-state index contributed by atoms with van der Waals surface area (Å²) >= 11 is 0. The average molecular weight is 376 g/mol. The summed E-state index contributed by atoms with van der Waals surface area (Å²) in [5.74, 6) is 1.01. The molecule has 144 valence electrons. The molecule has 2 atom stereocenters. The smallest absolute Gasteiger partial charge is 0.130 e. The molecule has 3 aromatic rings. The Morgan fingerprint density at radius 2 is 1.93 bits per heavy atom. The van der Waals surface area contributed by atoms with Gasteiger partial charge in [-0.3, -0.25) is 19.9 Å². The van der Waals surface area contributed by atoms with Crippen molar-refractivity contribution in [3.05, 3.63) is 84.2 Å². The molecule has 0 radical (unpaired) electrons. The number of aliphatic hydroxyl groups is 1. The summed E-state index contributed by atoms with van der Waals surface area (Å²) in [7, 11) is 0. The van der Waals surface area contributed by atoms with Crippen molar-refractivity contribution in [1.29, 1.82) is 0 Å². The van der Waals surface area contributed by atoms with Crippen molar-refractivity contribution >= 4 is 0 Å². The van der Waals surface area contributed by atoms with Gasteiger partial charge in [-0.05, 0) is 36.2 Å². The largest absolute Gasteiger partial charge is 0.487 e. The number of aromatic nitrogens is 3. The van der Waals surface area contributed by atoms with Gasteiger partial charge >= 0.3 is 0 Å². The third-order valence-electron chi connectivity index (χ3n) is 4.99. The maximum atomic E-state index is 10.4. The lowest BCUT2D eigenvalue weighted by Gasteiger charge is -2.16. The van der Waals surface area contributed by atoms with Crippen LogP contribution in [0.2, 0.25) is 0 Å². The molecule has 28 heavy (non-hydrogen) atoms. The summed E-state index contributed by atoms with van der Waals surface area (Å²) in [6.45, 7) is 2.75. The minimum absolute atomic E-state index is 0.181. The molecule has 6 nitrogen and oxygen atoms in total. The molecule has 0 spiro atoms. The molecule has 0 unspecified atom stereocenters. The predicted molar refractivity (Wildman–Crippen MR) is 106 cm³/mol. The van der Waals surface area contributed by atoms with Gasteiger partial charge in [-0.1, -0.05) is 18.2 Å². The van der Waals surface area contributed by atoms with Crippen LogP contribution in [0.1, 0.15) is 17.0 Å². The fraction of sp³-hybridized carbons (Fsp3) is 0.318. The number of pyridine rings is 1. The summed E-state index contributed by atoms with van der Waals surface area (Å²) in [5, 5.41) is 10.4. The Labute approximate surface area is 164 Å². The number of ether oxygens (including phenoxy) is 1. The van der Waals surface area contributed by atoms with E-state index in [4.69, 9.17) is 4.74 Å². The zero-order valence-electron chi connectivity index (χ0n) is 15.7. The summed E-state index contributed by atoms with van der Waals surface area (Å²) < 4.78 is 5.87. The number of hydrogen-bond donors (Lipinski definition) is 1. The van der Waals surface area contributed by atoms with E-state index in [1.165, 1.54) is 5.56 Å². The fourth-order valence-electron chi connectivity index (χ4n) is 3.61. The van der Waals surface area contributed by atoms with E-state index in [2.05, 4.69) is 32.0 Å². The van der Waals surface area contributed by atoms with Gasteiger partial charge in [-0.2, -0.15) is 0 Å². The maximum Gasteiger partial charge on any atom is 0.130 e. The van der Waals surface area contributed by atoms with Crippen LogP contribution in [-0.4, -0.2) is 44.2 Å². The molecule has 6 heteroatoms. The summed E-state index contributed by atoms with van der Waals surface area (Å²) in [4.78, 5) is 15.0. The summed E-state index contributed by atoms with van der Waals surface area (Å²) in [6, 6.07) is 13.9. The van der Waals surface area contributed by atoms with Crippen molar-refractivity contribution in [3.8, 4) is 5.75 Å². The highest BCUT2D eigenvalue weighted by molar-refractivity contribution is 5.28. The van der Waals surface area contributed by atoms with Crippen LogP contribution in [0.3, 0.4) is 0 Å². The van der Waals surface area contributed by atoms with Crippen molar-refractivity contribution in [3.63, 3.8) is 0 Å². The van der Waals surface area contributed by atoms with Gasteiger partial charge in [0.1, 0.15) is 12.4 Å². The lowest BCUT2D eigenvalue weighted by Crippen LogP contribution is -2.21. The average Bonchev–Trinajstić information content (AvgIpc) is 3.07. The first kappa shape index (κ1) is 18.5. The van der Waals surface area contributed by atoms with Crippen LogP contribution in [-0.2, 0) is 19.6 Å². The number of nitrogens with zero attached hydrogens (tertiary/aromatic N) is 4. The van der Waals surface area contributed by atoms with E-state index in [1.807, 2.05) is 30.3 Å². The first-order chi connectivity index (χ1) is 13.8. The maximum absolute atomic E-state index is 10.4. The van der Waals surface area contributed by atoms with Gasteiger partial charge in [0.2, 0.25) is 0 Å². The lowest BCUT2D eigenvalue weighted by molar-refractivity contribution is 0.140. The Morgan fingerprint density at radius 1 is 1.00 bits per heavy atom. The highest BCUT2D eigenvalue weighted by Gasteiger charge is 2.31. The van der Waals surface area contributed by atoms with Crippen molar-refractivity contribution < 1.29 is 9.84 Å². The zero-order valence-corrected chi connectivity index (χ0v) is 15.7. The Morgan fingerprint density at radius 3 is 2.75 bits per heavy atom. The van der Waals surface area contributed by atoms with Crippen LogP contribution < -0.4 is 4.74 Å². The fourth-order valence-corrected chi connectivity index (χ4v) is 3.61. The zero-order chi connectivity index (χ0) is 19.2. The van der Waals surface area contributed by atoms with Gasteiger partial charge in [0, 0.05) is 50.3 Å². The molecule has 0 bridgehead atoms. The molecule has 1 fully saturated rings. The number of benzene rings is 1. The van der Waals surface area contributed by atoms with Crippen molar-refractivity contribution in [2.75, 3.05) is 13.1 Å². The number of likely N-dealkylation sites (tertiary alicyclic amines) is 1. The molecule has 2 aromatic heterocycles. The van der Waals surface area contributed by atoms with Gasteiger partial charge in [0.05, 0.1) is 17.5 Å². The van der Waals surface area contributed by atoms with E-state index in [0.29, 0.717) is 13.2 Å². The molecule has 1 aliphatic rings. The molecule has 1 aliphatic heterocycles. The van der Waals surface area contributed by atoms with Gasteiger partial charge < -0.3 is 9.84 Å². The van der Waals surface area contributed by atoms with E-state index in [0.717, 1.165) is 36.6 Å². The van der Waals surface area contributed by atoms with Crippen LogP contribution in [0.5, 0.6) is 5.75 Å². The Balaban J connectivity index is 1.33. The number of aliphatic hydroxyl groups excluding tert-OH is 1. The Kier molecular flexibility index (Phi) is 5.89. The number of hydrogen-bond acceptors (Lipinski definition) is 6. The van der Waals surface area contributed by atoms with Crippen LogP contribution in [0, 0.1) is 5.92 Å². The van der Waals surface area contributed by atoms with Gasteiger partial charge in [-0.25, -0.2) is 0 Å². The molecular formula is C22H24N4O2. The SMILES string of the molecule is O[C@@H]1CN(Cc2cccc(OCc3ccccn3)c2)C[C@H]1Cc1cnccn1. The van der Waals surface area contributed by atoms with Crippen molar-refractivity contribution in [1.82, 2.24) is 19.9 Å². The monoisotopic (exact) mass is 376 g/mol. The van der Waals surface area contributed by atoms with Crippen molar-refractivity contribution in [2.45, 2.75) is 25.7 Å². The highest BCUT2D eigenvalue weighted by atomic mass is 16.5. The van der Waals surface area contributed by atoms with E-state index in [-0.39, 0.29) is 12.0 Å². The molecule has 0 saturated carbocycles. The summed E-state index contributed by atoms with van der Waals surface area (Å²) in [6.07, 6.45) is 7.32. The van der Waals surface area contributed by atoms with Gasteiger partial charge in [0.15, 0.2) is 0 Å².